The quantitative estimate of drug-likeness (QED) is 0.795. The number of nitrogens with zero attached hydrogens (tertiary/aromatic N) is 3. The van der Waals surface area contributed by atoms with Crippen molar-refractivity contribution in [3.63, 3.8) is 0 Å². The fourth-order valence-electron chi connectivity index (χ4n) is 2.35. The number of aryl methyl sites for hydroxylation is 1. The fraction of sp³-hybridized carbons (Fsp3) is 0.800. The molecule has 84 valence electrons. The van der Waals surface area contributed by atoms with Crippen LogP contribution in [0.25, 0.3) is 0 Å². The standard InChI is InChI=1S/C10H18N4O/c1-10(5-4-6-15-10)9(11-2)8-7-12-13-14(8)3/h7,9,11H,4-6H2,1-3H3. The second kappa shape index (κ2) is 3.90. The van der Waals surface area contributed by atoms with Crippen molar-refractivity contribution >= 4 is 0 Å². The van der Waals surface area contributed by atoms with Crippen molar-refractivity contribution in [2.24, 2.45) is 7.05 Å². The first kappa shape index (κ1) is 10.6. The summed E-state index contributed by atoms with van der Waals surface area (Å²) in [6, 6.07) is 0.153. The van der Waals surface area contributed by atoms with Gasteiger partial charge < -0.3 is 10.1 Å². The number of aromatic nitrogens is 3. The highest BCUT2D eigenvalue weighted by atomic mass is 16.5. The Hall–Kier alpha value is -0.940. The maximum absolute atomic E-state index is 5.84. The maximum Gasteiger partial charge on any atom is 0.0864 e. The highest BCUT2D eigenvalue weighted by molar-refractivity contribution is 5.10. The van der Waals surface area contributed by atoms with Crippen LogP contribution < -0.4 is 5.32 Å². The van der Waals surface area contributed by atoms with Gasteiger partial charge in [-0.2, -0.15) is 0 Å². The van der Waals surface area contributed by atoms with E-state index in [1.165, 1.54) is 0 Å². The third kappa shape index (κ3) is 1.77. The molecule has 1 saturated heterocycles. The number of hydrogen-bond acceptors (Lipinski definition) is 4. The Morgan fingerprint density at radius 3 is 2.93 bits per heavy atom. The lowest BCUT2D eigenvalue weighted by Crippen LogP contribution is -2.40. The predicted octanol–water partition coefficient (Wildman–Crippen LogP) is 0.645. The van der Waals surface area contributed by atoms with Crippen LogP contribution in [0.1, 0.15) is 31.5 Å². The van der Waals surface area contributed by atoms with Crippen molar-refractivity contribution in [1.82, 2.24) is 20.3 Å². The number of ether oxygens (including phenoxy) is 1. The second-order valence-corrected chi connectivity index (χ2v) is 4.27. The van der Waals surface area contributed by atoms with Crippen LogP contribution in [-0.4, -0.2) is 34.2 Å². The van der Waals surface area contributed by atoms with Crippen LogP contribution in [0, 0.1) is 0 Å². The van der Waals surface area contributed by atoms with E-state index in [-0.39, 0.29) is 11.6 Å². The first-order valence-corrected chi connectivity index (χ1v) is 5.33. The average molecular weight is 210 g/mol. The molecule has 1 fully saturated rings. The molecule has 1 aliphatic heterocycles. The van der Waals surface area contributed by atoms with Gasteiger partial charge in [-0.3, -0.25) is 4.68 Å². The van der Waals surface area contributed by atoms with Gasteiger partial charge in [-0.05, 0) is 26.8 Å². The van der Waals surface area contributed by atoms with E-state index in [0.717, 1.165) is 25.1 Å². The zero-order chi connectivity index (χ0) is 10.9. The molecule has 0 spiro atoms. The SMILES string of the molecule is CNC(c1cnnn1C)C1(C)CCCO1. The molecule has 2 heterocycles. The Morgan fingerprint density at radius 2 is 2.47 bits per heavy atom. The summed E-state index contributed by atoms with van der Waals surface area (Å²) in [5, 5.41) is 11.2. The molecule has 1 aromatic heterocycles. The van der Waals surface area contributed by atoms with Crippen molar-refractivity contribution in [3.8, 4) is 0 Å². The molecular weight excluding hydrogens is 192 g/mol. The Bertz CT molecular complexity index is 330. The molecule has 0 saturated carbocycles. The molecule has 5 heteroatoms. The Labute approximate surface area is 89.8 Å². The number of nitrogens with one attached hydrogen (secondary N) is 1. The van der Waals surface area contributed by atoms with Crippen molar-refractivity contribution in [3.05, 3.63) is 11.9 Å². The molecule has 1 aromatic rings. The Morgan fingerprint density at radius 1 is 1.67 bits per heavy atom. The molecule has 2 rings (SSSR count). The molecule has 1 N–H and O–H groups in total. The van der Waals surface area contributed by atoms with E-state index in [0.29, 0.717) is 0 Å². The van der Waals surface area contributed by atoms with Crippen LogP contribution in [-0.2, 0) is 11.8 Å². The molecule has 2 unspecified atom stereocenters. The minimum atomic E-state index is -0.135. The minimum Gasteiger partial charge on any atom is -0.373 e. The van der Waals surface area contributed by atoms with Crippen LogP contribution in [0.5, 0.6) is 0 Å². The summed E-state index contributed by atoms with van der Waals surface area (Å²) in [6.45, 7) is 2.99. The summed E-state index contributed by atoms with van der Waals surface area (Å²) in [7, 11) is 3.86. The summed E-state index contributed by atoms with van der Waals surface area (Å²) >= 11 is 0. The van der Waals surface area contributed by atoms with Gasteiger partial charge in [0.25, 0.3) is 0 Å². The third-order valence-corrected chi connectivity index (χ3v) is 3.19. The van der Waals surface area contributed by atoms with E-state index in [4.69, 9.17) is 4.74 Å². The second-order valence-electron chi connectivity index (χ2n) is 4.27. The molecule has 0 amide bonds. The molecule has 0 aliphatic carbocycles. The lowest BCUT2D eigenvalue weighted by Gasteiger charge is -2.32. The van der Waals surface area contributed by atoms with Gasteiger partial charge in [-0.25, -0.2) is 0 Å². The first-order valence-electron chi connectivity index (χ1n) is 5.33. The predicted molar refractivity (Wildman–Crippen MR) is 56.4 cm³/mol. The van der Waals surface area contributed by atoms with Gasteiger partial charge in [0.1, 0.15) is 0 Å². The van der Waals surface area contributed by atoms with Crippen molar-refractivity contribution in [1.29, 1.82) is 0 Å². The lowest BCUT2D eigenvalue weighted by atomic mass is 9.91. The molecule has 0 bridgehead atoms. The van der Waals surface area contributed by atoms with Gasteiger partial charge in [0.2, 0.25) is 0 Å². The smallest absolute Gasteiger partial charge is 0.0864 e. The van der Waals surface area contributed by atoms with Gasteiger partial charge in [-0.15, -0.1) is 5.10 Å². The van der Waals surface area contributed by atoms with E-state index in [2.05, 4.69) is 22.6 Å². The topological polar surface area (TPSA) is 52.0 Å². The highest BCUT2D eigenvalue weighted by Crippen LogP contribution is 2.36. The van der Waals surface area contributed by atoms with Gasteiger partial charge in [0.05, 0.1) is 23.5 Å². The molecular formula is C10H18N4O. The molecule has 1 aliphatic rings. The van der Waals surface area contributed by atoms with Gasteiger partial charge in [0.15, 0.2) is 0 Å². The van der Waals surface area contributed by atoms with Gasteiger partial charge in [-0.1, -0.05) is 5.21 Å². The van der Waals surface area contributed by atoms with Gasteiger partial charge in [0, 0.05) is 13.7 Å². The van der Waals surface area contributed by atoms with E-state index in [1.54, 1.807) is 10.9 Å². The zero-order valence-electron chi connectivity index (χ0n) is 9.53. The van der Waals surface area contributed by atoms with Crippen molar-refractivity contribution < 1.29 is 4.74 Å². The normalized spacial score (nSPS) is 28.2. The third-order valence-electron chi connectivity index (χ3n) is 3.19. The zero-order valence-corrected chi connectivity index (χ0v) is 9.53. The van der Waals surface area contributed by atoms with Crippen LogP contribution >= 0.6 is 0 Å². The average Bonchev–Trinajstić information content (AvgIpc) is 2.79. The highest BCUT2D eigenvalue weighted by Gasteiger charge is 2.39. The molecule has 2 atom stereocenters. The number of rotatable bonds is 3. The Kier molecular flexibility index (Phi) is 2.75. The molecule has 0 radical (unpaired) electrons. The number of likely N-dealkylation sites (N-methyl/N-ethyl adjacent to an activating group) is 1. The van der Waals surface area contributed by atoms with Crippen LogP contribution in [0.4, 0.5) is 0 Å². The van der Waals surface area contributed by atoms with Crippen molar-refractivity contribution in [2.45, 2.75) is 31.4 Å². The van der Waals surface area contributed by atoms with Crippen molar-refractivity contribution in [2.75, 3.05) is 13.7 Å². The summed E-state index contributed by atoms with van der Waals surface area (Å²) < 4.78 is 7.64. The van der Waals surface area contributed by atoms with Crippen LogP contribution in [0.2, 0.25) is 0 Å². The van der Waals surface area contributed by atoms with E-state index < -0.39 is 0 Å². The first-order chi connectivity index (χ1) is 7.17. The van der Waals surface area contributed by atoms with E-state index in [9.17, 15) is 0 Å². The Balaban J connectivity index is 2.27. The van der Waals surface area contributed by atoms with E-state index in [1.807, 2.05) is 14.1 Å². The number of hydrogen-bond donors (Lipinski definition) is 1. The summed E-state index contributed by atoms with van der Waals surface area (Å²) in [4.78, 5) is 0. The molecule has 5 nitrogen and oxygen atoms in total. The van der Waals surface area contributed by atoms with Crippen LogP contribution in [0.15, 0.2) is 6.20 Å². The summed E-state index contributed by atoms with van der Waals surface area (Å²) in [5.74, 6) is 0. The monoisotopic (exact) mass is 210 g/mol. The van der Waals surface area contributed by atoms with E-state index >= 15 is 0 Å². The minimum absolute atomic E-state index is 0.135. The largest absolute Gasteiger partial charge is 0.373 e. The van der Waals surface area contributed by atoms with Crippen LogP contribution in [0.3, 0.4) is 0 Å². The lowest BCUT2D eigenvalue weighted by molar-refractivity contribution is -0.0125. The maximum atomic E-state index is 5.84. The molecule has 15 heavy (non-hydrogen) atoms. The van der Waals surface area contributed by atoms with Gasteiger partial charge >= 0.3 is 0 Å². The fourth-order valence-corrected chi connectivity index (χ4v) is 2.35. The molecule has 0 aromatic carbocycles. The summed E-state index contributed by atoms with van der Waals surface area (Å²) in [5.41, 5.74) is 0.937. The summed E-state index contributed by atoms with van der Waals surface area (Å²) in [6.07, 6.45) is 4.00.